The van der Waals surface area contributed by atoms with Gasteiger partial charge in [0.2, 0.25) is 0 Å². The van der Waals surface area contributed by atoms with Crippen LogP contribution in [0.4, 0.5) is 0 Å². The van der Waals surface area contributed by atoms with E-state index in [1.165, 1.54) is 11.6 Å². The van der Waals surface area contributed by atoms with Crippen LogP contribution in [-0.4, -0.2) is 22.2 Å². The van der Waals surface area contributed by atoms with Crippen molar-refractivity contribution >= 4 is 47.4 Å². The molecule has 2 N–H and O–H groups in total. The van der Waals surface area contributed by atoms with Gasteiger partial charge in [-0.2, -0.15) is 0 Å². The molecule has 1 aliphatic rings. The van der Waals surface area contributed by atoms with Gasteiger partial charge in [-0.25, -0.2) is 4.98 Å². The summed E-state index contributed by atoms with van der Waals surface area (Å²) in [6, 6.07) is 8.15. The topological polar surface area (TPSA) is 53.4 Å². The lowest BCUT2D eigenvalue weighted by molar-refractivity contribution is 0.426. The largest absolute Gasteiger partial charge is 0.488 e. The summed E-state index contributed by atoms with van der Waals surface area (Å²) in [6.07, 6.45) is 3.23. The van der Waals surface area contributed by atoms with Crippen LogP contribution in [0.5, 0.6) is 0 Å². The molecule has 0 saturated heterocycles. The normalized spacial score (nSPS) is 12.4. The number of fused-ring (bicyclic) bond motifs is 1. The van der Waals surface area contributed by atoms with Gasteiger partial charge in [-0.15, -0.1) is 0 Å². The summed E-state index contributed by atoms with van der Waals surface area (Å²) in [7, 11) is -1.43. The van der Waals surface area contributed by atoms with Crippen LogP contribution in [0.1, 0.15) is 17.7 Å². The number of hydrogen-bond donors (Lipinski definition) is 2. The van der Waals surface area contributed by atoms with Crippen LogP contribution in [0.3, 0.4) is 0 Å². The quantitative estimate of drug-likeness (QED) is 0.618. The first-order valence-electron chi connectivity index (χ1n) is 6.43. The van der Waals surface area contributed by atoms with E-state index >= 15 is 0 Å². The Morgan fingerprint density at radius 2 is 1.81 bits per heavy atom. The second-order valence-electron chi connectivity index (χ2n) is 4.63. The zero-order valence-corrected chi connectivity index (χ0v) is 13.3. The summed E-state index contributed by atoms with van der Waals surface area (Å²) < 4.78 is 0. The minimum Gasteiger partial charge on any atom is -0.423 e. The summed E-state index contributed by atoms with van der Waals surface area (Å²) in [5, 5.41) is 19.1. The molecule has 1 heterocycles. The highest BCUT2D eigenvalue weighted by atomic mass is 35.5. The summed E-state index contributed by atoms with van der Waals surface area (Å²) in [5.74, 6) is 0. The van der Waals surface area contributed by atoms with Gasteiger partial charge in [-0.1, -0.05) is 46.9 Å². The number of hydrogen-bond acceptors (Lipinski definition) is 3. The second-order valence-corrected chi connectivity index (χ2v) is 5.87. The van der Waals surface area contributed by atoms with Gasteiger partial charge in [0.15, 0.2) is 0 Å². The fourth-order valence-electron chi connectivity index (χ4n) is 2.13. The van der Waals surface area contributed by atoms with Crippen molar-refractivity contribution in [2.45, 2.75) is 19.3 Å². The van der Waals surface area contributed by atoms with Gasteiger partial charge in [0.25, 0.3) is 0 Å². The Morgan fingerprint density at radius 1 is 1.05 bits per heavy atom. The van der Waals surface area contributed by atoms with Gasteiger partial charge < -0.3 is 10.0 Å². The third kappa shape index (κ3) is 4.60. The average Bonchev–Trinajstić information content (AvgIpc) is 2.88. The molecule has 21 heavy (non-hydrogen) atoms. The number of rotatable bonds is 1. The zero-order valence-electron chi connectivity index (χ0n) is 11.1. The third-order valence-electron chi connectivity index (χ3n) is 3.11. The number of aromatic nitrogens is 1. The summed E-state index contributed by atoms with van der Waals surface area (Å²) in [4.78, 5) is 4.20. The Labute approximate surface area is 138 Å². The fourth-order valence-corrected chi connectivity index (χ4v) is 2.90. The lowest BCUT2D eigenvalue weighted by Crippen LogP contribution is -2.29. The van der Waals surface area contributed by atoms with Crippen molar-refractivity contribution in [1.29, 1.82) is 0 Å². The van der Waals surface area contributed by atoms with Crippen molar-refractivity contribution in [2.24, 2.45) is 0 Å². The highest BCUT2D eigenvalue weighted by Crippen LogP contribution is 2.29. The molecular formula is C14H13BCl3NO2. The van der Waals surface area contributed by atoms with Crippen molar-refractivity contribution in [3.8, 4) is 0 Å². The van der Waals surface area contributed by atoms with E-state index in [-0.39, 0.29) is 0 Å². The fraction of sp³-hybridized carbons (Fsp3) is 0.214. The van der Waals surface area contributed by atoms with Crippen LogP contribution in [0, 0.1) is 0 Å². The zero-order chi connectivity index (χ0) is 15.4. The van der Waals surface area contributed by atoms with E-state index in [4.69, 9.17) is 44.9 Å². The SMILES string of the molecule is Clc1cc(Cl)c2c(n1)CCC2.OB(O)c1cccc(Cl)c1. The van der Waals surface area contributed by atoms with Gasteiger partial charge in [0.05, 0.1) is 0 Å². The molecular weight excluding hydrogens is 331 g/mol. The number of halogens is 3. The van der Waals surface area contributed by atoms with Crippen molar-refractivity contribution in [2.75, 3.05) is 0 Å². The maximum Gasteiger partial charge on any atom is 0.488 e. The number of benzene rings is 1. The van der Waals surface area contributed by atoms with Crippen LogP contribution >= 0.6 is 34.8 Å². The molecule has 0 amide bonds. The van der Waals surface area contributed by atoms with Crippen molar-refractivity contribution < 1.29 is 10.0 Å². The molecule has 0 radical (unpaired) electrons. The first kappa shape index (κ1) is 16.6. The first-order valence-corrected chi connectivity index (χ1v) is 7.56. The molecule has 2 aromatic rings. The van der Waals surface area contributed by atoms with E-state index in [1.54, 1.807) is 24.3 Å². The molecule has 1 aliphatic carbocycles. The molecule has 0 aliphatic heterocycles. The van der Waals surface area contributed by atoms with Crippen molar-refractivity contribution in [3.63, 3.8) is 0 Å². The molecule has 0 atom stereocenters. The predicted octanol–water partition coefficient (Wildman–Crippen LogP) is 2.90. The van der Waals surface area contributed by atoms with E-state index in [1.807, 2.05) is 0 Å². The molecule has 3 nitrogen and oxygen atoms in total. The smallest absolute Gasteiger partial charge is 0.423 e. The minimum atomic E-state index is -1.43. The molecule has 110 valence electrons. The maximum absolute atomic E-state index is 8.65. The summed E-state index contributed by atoms with van der Waals surface area (Å²) in [6.45, 7) is 0. The monoisotopic (exact) mass is 343 g/mol. The lowest BCUT2D eigenvalue weighted by atomic mass is 9.81. The average molecular weight is 344 g/mol. The maximum atomic E-state index is 8.65. The van der Waals surface area contributed by atoms with Crippen molar-refractivity contribution in [1.82, 2.24) is 4.98 Å². The number of nitrogens with zero attached hydrogens (tertiary/aromatic N) is 1. The molecule has 1 aromatic carbocycles. The van der Waals surface area contributed by atoms with Gasteiger partial charge in [0, 0.05) is 15.7 Å². The Balaban J connectivity index is 0.000000155. The Morgan fingerprint density at radius 3 is 2.43 bits per heavy atom. The second kappa shape index (κ2) is 7.48. The van der Waals surface area contributed by atoms with Gasteiger partial charge >= 0.3 is 7.12 Å². The Hall–Kier alpha value is -0.775. The summed E-state index contributed by atoms with van der Waals surface area (Å²) >= 11 is 17.3. The van der Waals surface area contributed by atoms with Gasteiger partial charge in [0.1, 0.15) is 5.15 Å². The van der Waals surface area contributed by atoms with Crippen LogP contribution in [0.2, 0.25) is 15.2 Å². The van der Waals surface area contributed by atoms with Crippen LogP contribution in [0.25, 0.3) is 0 Å². The molecule has 1 aromatic heterocycles. The van der Waals surface area contributed by atoms with Crippen LogP contribution < -0.4 is 5.46 Å². The molecule has 3 rings (SSSR count). The molecule has 0 unspecified atom stereocenters. The van der Waals surface area contributed by atoms with E-state index in [0.29, 0.717) is 15.6 Å². The number of aryl methyl sites for hydroxylation is 1. The third-order valence-corrected chi connectivity index (χ3v) is 3.88. The minimum absolute atomic E-state index is 0.410. The van der Waals surface area contributed by atoms with E-state index < -0.39 is 7.12 Å². The van der Waals surface area contributed by atoms with Crippen LogP contribution in [0.15, 0.2) is 30.3 Å². The van der Waals surface area contributed by atoms with E-state index in [9.17, 15) is 0 Å². The summed E-state index contributed by atoms with van der Waals surface area (Å²) in [5.41, 5.74) is 2.69. The standard InChI is InChI=1S/C8H7Cl2N.C6H6BClO2/c9-6-4-8(10)11-7-3-1-2-5(6)7;8-6-3-1-2-5(4-6)7(9)10/h4H,1-3H2;1-4,9-10H. The number of pyridine rings is 1. The molecule has 7 heteroatoms. The van der Waals surface area contributed by atoms with Crippen molar-refractivity contribution in [3.05, 3.63) is 56.8 Å². The van der Waals surface area contributed by atoms with Crippen LogP contribution in [-0.2, 0) is 12.8 Å². The van der Waals surface area contributed by atoms with E-state index in [2.05, 4.69) is 4.98 Å². The highest BCUT2D eigenvalue weighted by molar-refractivity contribution is 6.59. The molecule has 0 spiro atoms. The van der Waals surface area contributed by atoms with E-state index in [0.717, 1.165) is 30.0 Å². The van der Waals surface area contributed by atoms with Gasteiger partial charge in [-0.05, 0) is 48.5 Å². The van der Waals surface area contributed by atoms with Gasteiger partial charge in [-0.3, -0.25) is 0 Å². The molecule has 0 saturated carbocycles. The Bertz CT molecular complexity index is 638. The lowest BCUT2D eigenvalue weighted by Gasteiger charge is -2.00. The molecule has 0 bridgehead atoms. The highest BCUT2D eigenvalue weighted by Gasteiger charge is 2.15. The molecule has 0 fully saturated rings. The first-order chi connectivity index (χ1) is 9.97. The predicted molar refractivity (Wildman–Crippen MR) is 87.6 cm³/mol. The Kier molecular flexibility index (Phi) is 5.91.